The Balaban J connectivity index is 0.00000288. The number of hydrogen-bond acceptors (Lipinski definition) is 3. The van der Waals surface area contributed by atoms with Crippen molar-refractivity contribution >= 4 is 41.3 Å². The zero-order valence-electron chi connectivity index (χ0n) is 14.7. The van der Waals surface area contributed by atoms with E-state index in [1.807, 2.05) is 22.2 Å². The number of guanidine groups is 1. The maximum atomic E-state index is 4.73. The van der Waals surface area contributed by atoms with E-state index in [1.54, 1.807) is 0 Å². The highest BCUT2D eigenvalue weighted by Crippen LogP contribution is 2.09. The summed E-state index contributed by atoms with van der Waals surface area (Å²) in [5, 5.41) is 9.81. The van der Waals surface area contributed by atoms with E-state index in [9.17, 15) is 0 Å². The monoisotopic (exact) mass is 461 g/mol. The second-order valence-electron chi connectivity index (χ2n) is 5.62. The molecular weight excluding hydrogens is 433 g/mol. The van der Waals surface area contributed by atoms with Crippen LogP contribution >= 0.6 is 35.3 Å². The van der Waals surface area contributed by atoms with Gasteiger partial charge in [-0.25, -0.2) is 0 Å². The standard InChI is InChI=1S/C17H27N5S.HI/c1-4-18-17(21(3)11-8-16-7-5-12-23-16)19-9-6-10-22-14-15(2)13-20-22;/h5,7,12-14H,4,6,8-11H2,1-3H3,(H,18,19);1H. The number of likely N-dealkylation sites (N-methyl/N-ethyl adjacent to an activating group) is 1. The van der Waals surface area contributed by atoms with Crippen LogP contribution in [0.5, 0.6) is 0 Å². The summed E-state index contributed by atoms with van der Waals surface area (Å²) in [7, 11) is 2.10. The fraction of sp³-hybridized carbons (Fsp3) is 0.529. The Morgan fingerprint density at radius 2 is 2.29 bits per heavy atom. The maximum absolute atomic E-state index is 4.73. The molecule has 2 rings (SSSR count). The van der Waals surface area contributed by atoms with Crippen molar-refractivity contribution in [2.45, 2.75) is 33.2 Å². The second-order valence-corrected chi connectivity index (χ2v) is 6.65. The average molecular weight is 461 g/mol. The summed E-state index contributed by atoms with van der Waals surface area (Å²) in [6, 6.07) is 4.30. The van der Waals surface area contributed by atoms with Crippen molar-refractivity contribution in [3.63, 3.8) is 0 Å². The molecule has 0 saturated heterocycles. The summed E-state index contributed by atoms with van der Waals surface area (Å²) in [4.78, 5) is 8.36. The van der Waals surface area contributed by atoms with E-state index in [2.05, 4.69) is 59.9 Å². The van der Waals surface area contributed by atoms with Gasteiger partial charge in [-0.1, -0.05) is 6.07 Å². The van der Waals surface area contributed by atoms with Gasteiger partial charge in [-0.15, -0.1) is 35.3 Å². The first-order valence-electron chi connectivity index (χ1n) is 8.20. The smallest absolute Gasteiger partial charge is 0.193 e. The van der Waals surface area contributed by atoms with Gasteiger partial charge in [0.05, 0.1) is 6.20 Å². The van der Waals surface area contributed by atoms with Crippen LogP contribution in [0.15, 0.2) is 34.9 Å². The molecule has 2 heterocycles. The minimum absolute atomic E-state index is 0. The third kappa shape index (κ3) is 7.21. The normalized spacial score (nSPS) is 11.2. The van der Waals surface area contributed by atoms with Gasteiger partial charge in [0, 0.05) is 44.3 Å². The van der Waals surface area contributed by atoms with Gasteiger partial charge in [0.15, 0.2) is 5.96 Å². The van der Waals surface area contributed by atoms with E-state index in [4.69, 9.17) is 4.99 Å². The maximum Gasteiger partial charge on any atom is 0.193 e. The molecule has 0 bridgehead atoms. The van der Waals surface area contributed by atoms with Crippen molar-refractivity contribution in [2.75, 3.05) is 26.7 Å². The van der Waals surface area contributed by atoms with Gasteiger partial charge in [-0.2, -0.15) is 5.10 Å². The molecule has 0 atom stereocenters. The first-order valence-corrected chi connectivity index (χ1v) is 9.08. The van der Waals surface area contributed by atoms with Crippen LogP contribution in [-0.4, -0.2) is 47.3 Å². The first kappa shape index (κ1) is 21.0. The van der Waals surface area contributed by atoms with Crippen molar-refractivity contribution < 1.29 is 0 Å². The third-order valence-electron chi connectivity index (χ3n) is 3.54. The van der Waals surface area contributed by atoms with Gasteiger partial charge in [0.1, 0.15) is 0 Å². The van der Waals surface area contributed by atoms with Crippen molar-refractivity contribution in [1.29, 1.82) is 0 Å². The lowest BCUT2D eigenvalue weighted by molar-refractivity contribution is 0.484. The Kier molecular flexibility index (Phi) is 10.0. The third-order valence-corrected chi connectivity index (χ3v) is 4.48. The van der Waals surface area contributed by atoms with Gasteiger partial charge < -0.3 is 10.2 Å². The molecule has 0 fully saturated rings. The van der Waals surface area contributed by atoms with E-state index in [0.717, 1.165) is 45.0 Å². The van der Waals surface area contributed by atoms with Crippen molar-refractivity contribution in [3.05, 3.63) is 40.3 Å². The van der Waals surface area contributed by atoms with Crippen molar-refractivity contribution in [2.24, 2.45) is 4.99 Å². The number of nitrogens with zero attached hydrogens (tertiary/aromatic N) is 4. The Morgan fingerprint density at radius 1 is 1.46 bits per heavy atom. The lowest BCUT2D eigenvalue weighted by Crippen LogP contribution is -2.40. The van der Waals surface area contributed by atoms with E-state index in [0.29, 0.717) is 0 Å². The highest BCUT2D eigenvalue weighted by molar-refractivity contribution is 14.0. The summed E-state index contributed by atoms with van der Waals surface area (Å²) in [6.45, 7) is 7.76. The van der Waals surface area contributed by atoms with Gasteiger partial charge >= 0.3 is 0 Å². The number of thiophene rings is 1. The van der Waals surface area contributed by atoms with E-state index >= 15 is 0 Å². The van der Waals surface area contributed by atoms with Crippen LogP contribution in [0.25, 0.3) is 0 Å². The van der Waals surface area contributed by atoms with Gasteiger partial charge in [0.2, 0.25) is 0 Å². The van der Waals surface area contributed by atoms with Gasteiger partial charge in [-0.05, 0) is 43.7 Å². The Hall–Kier alpha value is -1.09. The van der Waals surface area contributed by atoms with E-state index in [1.165, 1.54) is 10.4 Å². The fourth-order valence-corrected chi connectivity index (χ4v) is 3.01. The molecule has 7 heteroatoms. The number of aliphatic imine (C=N–C) groups is 1. The Labute approximate surface area is 166 Å². The molecule has 0 aromatic carbocycles. The molecule has 0 saturated carbocycles. The molecule has 0 aliphatic heterocycles. The molecular formula is C17H28IN5S. The van der Waals surface area contributed by atoms with Crippen molar-refractivity contribution in [3.8, 4) is 0 Å². The number of aromatic nitrogens is 2. The summed E-state index contributed by atoms with van der Waals surface area (Å²) < 4.78 is 1.98. The van der Waals surface area contributed by atoms with Crippen LogP contribution in [0.1, 0.15) is 23.8 Å². The lowest BCUT2D eigenvalue weighted by Gasteiger charge is -2.21. The van der Waals surface area contributed by atoms with Gasteiger partial charge in [0.25, 0.3) is 0 Å². The molecule has 0 unspecified atom stereocenters. The van der Waals surface area contributed by atoms with Crippen LogP contribution in [-0.2, 0) is 13.0 Å². The molecule has 5 nitrogen and oxygen atoms in total. The molecule has 0 spiro atoms. The largest absolute Gasteiger partial charge is 0.357 e. The SMILES string of the molecule is CCNC(=NCCCn1cc(C)cn1)N(C)CCc1cccs1.I. The summed E-state index contributed by atoms with van der Waals surface area (Å²) in [6.07, 6.45) is 6.02. The number of halogens is 1. The number of nitrogens with one attached hydrogen (secondary N) is 1. The highest BCUT2D eigenvalue weighted by atomic mass is 127. The molecule has 0 radical (unpaired) electrons. The summed E-state index contributed by atoms with van der Waals surface area (Å²) >= 11 is 1.81. The van der Waals surface area contributed by atoms with Crippen LogP contribution in [0.3, 0.4) is 0 Å². The first-order chi connectivity index (χ1) is 11.2. The van der Waals surface area contributed by atoms with Crippen LogP contribution in [0, 0.1) is 6.92 Å². The molecule has 2 aromatic heterocycles. The number of rotatable bonds is 8. The summed E-state index contributed by atoms with van der Waals surface area (Å²) in [5.74, 6) is 0.987. The predicted molar refractivity (Wildman–Crippen MR) is 114 cm³/mol. The average Bonchev–Trinajstić information content (AvgIpc) is 3.19. The predicted octanol–water partition coefficient (Wildman–Crippen LogP) is 3.40. The minimum atomic E-state index is 0. The number of aryl methyl sites for hydroxylation is 2. The molecule has 0 aliphatic rings. The van der Waals surface area contributed by atoms with Crippen LogP contribution in [0.4, 0.5) is 0 Å². The van der Waals surface area contributed by atoms with Crippen molar-refractivity contribution in [1.82, 2.24) is 20.0 Å². The molecule has 2 aromatic rings. The molecule has 1 N–H and O–H groups in total. The topological polar surface area (TPSA) is 45.5 Å². The van der Waals surface area contributed by atoms with E-state index in [-0.39, 0.29) is 24.0 Å². The fourth-order valence-electron chi connectivity index (χ4n) is 2.32. The molecule has 0 aliphatic carbocycles. The Morgan fingerprint density at radius 3 is 2.92 bits per heavy atom. The lowest BCUT2D eigenvalue weighted by atomic mass is 10.3. The van der Waals surface area contributed by atoms with E-state index < -0.39 is 0 Å². The Bertz CT molecular complexity index is 594. The van der Waals surface area contributed by atoms with Gasteiger partial charge in [-0.3, -0.25) is 9.67 Å². The summed E-state index contributed by atoms with van der Waals surface area (Å²) in [5.41, 5.74) is 1.20. The zero-order valence-corrected chi connectivity index (χ0v) is 17.9. The zero-order chi connectivity index (χ0) is 16.5. The second kappa shape index (κ2) is 11.5. The minimum Gasteiger partial charge on any atom is -0.357 e. The van der Waals surface area contributed by atoms with Crippen LogP contribution < -0.4 is 5.32 Å². The molecule has 134 valence electrons. The highest BCUT2D eigenvalue weighted by Gasteiger charge is 2.06. The van der Waals surface area contributed by atoms with Crippen LogP contribution in [0.2, 0.25) is 0 Å². The quantitative estimate of drug-likeness (QED) is 0.284. The molecule has 0 amide bonds. The number of hydrogen-bond donors (Lipinski definition) is 1. The molecule has 24 heavy (non-hydrogen) atoms.